The molecule has 3 aromatic heterocycles. The maximum atomic E-state index is 12.6. The summed E-state index contributed by atoms with van der Waals surface area (Å²) in [5.74, 6) is 0. The van der Waals surface area contributed by atoms with E-state index in [4.69, 9.17) is 20.4 Å². The number of nitrogens with zero attached hydrogens (tertiary/aromatic N) is 2. The van der Waals surface area contributed by atoms with Gasteiger partial charge in [-0.05, 0) is 62.4 Å². The summed E-state index contributed by atoms with van der Waals surface area (Å²) in [5, 5.41) is 3.11. The second-order valence-corrected chi connectivity index (χ2v) is 9.73. The Morgan fingerprint density at radius 3 is 2.43 bits per heavy atom. The molecule has 0 aliphatic heterocycles. The summed E-state index contributed by atoms with van der Waals surface area (Å²) < 4.78 is 11.5. The number of fused-ring (bicyclic) bond motifs is 3. The van der Waals surface area contributed by atoms with Crippen LogP contribution in [0.15, 0.2) is 97.3 Å². The summed E-state index contributed by atoms with van der Waals surface area (Å²) in [6.45, 7) is 6.01. The van der Waals surface area contributed by atoms with Crippen LogP contribution >= 0.6 is 22.9 Å². The Morgan fingerprint density at radius 2 is 1.62 bits per heavy atom. The molecule has 0 amide bonds. The molecule has 8 heteroatoms. The third-order valence-electron chi connectivity index (χ3n) is 5.96. The average molecular weight is 531 g/mol. The van der Waals surface area contributed by atoms with E-state index in [-0.39, 0.29) is 11.3 Å². The topological polar surface area (TPSA) is 76.6 Å². The molecule has 0 N–H and O–H groups in total. The molecule has 0 aliphatic carbocycles. The number of anilines is 1. The monoisotopic (exact) mass is 530 g/mol. The largest absolute Gasteiger partial charge is 0.423 e. The second kappa shape index (κ2) is 10.6. The quantitative estimate of drug-likeness (QED) is 0.221. The van der Waals surface area contributed by atoms with Crippen molar-refractivity contribution >= 4 is 60.8 Å². The average Bonchev–Trinajstić information content (AvgIpc) is 3.32. The molecule has 0 fully saturated rings. The summed E-state index contributed by atoms with van der Waals surface area (Å²) >= 11 is 7.49. The smallest absolute Gasteiger partial charge is 0.346 e. The Hall–Kier alpha value is -3.94. The highest BCUT2D eigenvalue weighted by molar-refractivity contribution is 7.21. The van der Waals surface area contributed by atoms with Gasteiger partial charge >= 0.3 is 11.3 Å². The van der Waals surface area contributed by atoms with Crippen LogP contribution in [-0.2, 0) is 0 Å². The number of rotatable bonds is 4. The van der Waals surface area contributed by atoms with Crippen LogP contribution < -0.4 is 16.2 Å². The molecule has 6 rings (SSSR count). The summed E-state index contributed by atoms with van der Waals surface area (Å²) in [7, 11) is 0. The number of thiazole rings is 1. The van der Waals surface area contributed by atoms with Gasteiger partial charge in [0.15, 0.2) is 0 Å². The van der Waals surface area contributed by atoms with E-state index in [9.17, 15) is 9.59 Å². The minimum atomic E-state index is -0.376. The zero-order chi connectivity index (χ0) is 25.9. The van der Waals surface area contributed by atoms with Crippen LogP contribution in [0.3, 0.4) is 0 Å². The lowest BCUT2D eigenvalue weighted by Gasteiger charge is -2.20. The zero-order valence-corrected chi connectivity index (χ0v) is 21.8. The fraction of sp³-hybridized carbons (Fsp3) is 0.138. The van der Waals surface area contributed by atoms with E-state index in [2.05, 4.69) is 29.8 Å². The SMILES string of the molecule is CCN(CC)c1ccc2cc(-c3nc4cc(Cl)ccc4s3)c(=O)oc2c1.O=c1ccc2ccccc2o1. The molecule has 0 bridgehead atoms. The van der Waals surface area contributed by atoms with Crippen molar-refractivity contribution in [3.63, 3.8) is 0 Å². The lowest BCUT2D eigenvalue weighted by Crippen LogP contribution is -2.21. The molecule has 0 radical (unpaired) electrons. The van der Waals surface area contributed by atoms with Crippen molar-refractivity contribution < 1.29 is 8.83 Å². The van der Waals surface area contributed by atoms with Gasteiger partial charge in [-0.1, -0.05) is 29.8 Å². The van der Waals surface area contributed by atoms with Gasteiger partial charge in [0.1, 0.15) is 16.2 Å². The molecule has 6 aromatic rings. The molecule has 0 unspecified atom stereocenters. The fourth-order valence-corrected chi connectivity index (χ4v) is 5.18. The maximum Gasteiger partial charge on any atom is 0.346 e. The maximum absolute atomic E-state index is 12.6. The van der Waals surface area contributed by atoms with E-state index in [1.165, 1.54) is 17.4 Å². The van der Waals surface area contributed by atoms with E-state index in [0.29, 0.717) is 26.8 Å². The number of aromatic nitrogens is 1. The third kappa shape index (κ3) is 5.28. The van der Waals surface area contributed by atoms with Crippen molar-refractivity contribution in [2.75, 3.05) is 18.0 Å². The van der Waals surface area contributed by atoms with E-state index in [1.54, 1.807) is 18.2 Å². The molecule has 186 valence electrons. The highest BCUT2D eigenvalue weighted by atomic mass is 35.5. The van der Waals surface area contributed by atoms with E-state index < -0.39 is 0 Å². The molecule has 0 saturated carbocycles. The Kier molecular flexibility index (Phi) is 7.08. The lowest BCUT2D eigenvalue weighted by atomic mass is 10.1. The Balaban J connectivity index is 0.000000212. The number of benzene rings is 3. The van der Waals surface area contributed by atoms with Crippen LogP contribution in [0.2, 0.25) is 5.02 Å². The molecule has 0 aliphatic rings. The first-order chi connectivity index (χ1) is 17.9. The first kappa shape index (κ1) is 24.7. The van der Waals surface area contributed by atoms with Crippen LogP contribution in [-0.4, -0.2) is 18.1 Å². The molecular formula is C29H23ClN2O4S. The van der Waals surface area contributed by atoms with Gasteiger partial charge in [0.2, 0.25) is 0 Å². The van der Waals surface area contributed by atoms with E-state index >= 15 is 0 Å². The van der Waals surface area contributed by atoms with Gasteiger partial charge in [-0.25, -0.2) is 14.6 Å². The van der Waals surface area contributed by atoms with E-state index in [1.807, 2.05) is 48.5 Å². The summed E-state index contributed by atoms with van der Waals surface area (Å²) in [6.07, 6.45) is 0. The Labute approximate surface area is 221 Å². The highest BCUT2D eigenvalue weighted by Crippen LogP contribution is 2.32. The van der Waals surface area contributed by atoms with Crippen LogP contribution in [0.25, 0.3) is 42.7 Å². The van der Waals surface area contributed by atoms with Crippen molar-refractivity contribution in [1.29, 1.82) is 0 Å². The summed E-state index contributed by atoms with van der Waals surface area (Å²) in [4.78, 5) is 30.0. The van der Waals surface area contributed by atoms with Gasteiger partial charge in [0.25, 0.3) is 0 Å². The Bertz CT molecular complexity index is 1840. The molecule has 3 aromatic carbocycles. The lowest BCUT2D eigenvalue weighted by molar-refractivity contribution is 0.561. The number of para-hydroxylation sites is 1. The van der Waals surface area contributed by atoms with Crippen molar-refractivity contribution in [3.8, 4) is 10.6 Å². The van der Waals surface area contributed by atoms with Crippen LogP contribution in [0.4, 0.5) is 5.69 Å². The second-order valence-electron chi connectivity index (χ2n) is 8.27. The van der Waals surface area contributed by atoms with Crippen LogP contribution in [0.5, 0.6) is 0 Å². The molecule has 0 saturated heterocycles. The van der Waals surface area contributed by atoms with Gasteiger partial charge in [0, 0.05) is 46.7 Å². The normalized spacial score (nSPS) is 11.0. The molecule has 37 heavy (non-hydrogen) atoms. The number of hydrogen-bond donors (Lipinski definition) is 0. The molecule has 0 spiro atoms. The van der Waals surface area contributed by atoms with Gasteiger partial charge < -0.3 is 13.7 Å². The predicted molar refractivity (Wildman–Crippen MR) is 152 cm³/mol. The molecule has 3 heterocycles. The standard InChI is InChI=1S/C20H17ClN2O2S.C9H6O2/c1-3-23(4-2)14-7-5-12-9-15(20(24)25-17(12)11-14)19-22-16-10-13(21)6-8-18(16)26-19;10-9-6-5-7-3-1-2-4-8(7)11-9/h5-11H,3-4H2,1-2H3;1-6H. The summed E-state index contributed by atoms with van der Waals surface area (Å²) in [6, 6.07) is 23.9. The van der Waals surface area contributed by atoms with E-state index in [0.717, 1.165) is 39.8 Å². The zero-order valence-electron chi connectivity index (χ0n) is 20.2. The minimum Gasteiger partial charge on any atom is -0.423 e. The fourth-order valence-electron chi connectivity index (χ4n) is 4.06. The van der Waals surface area contributed by atoms with Crippen LogP contribution in [0, 0.1) is 0 Å². The minimum absolute atomic E-state index is 0.302. The highest BCUT2D eigenvalue weighted by Gasteiger charge is 2.14. The first-order valence-electron chi connectivity index (χ1n) is 11.8. The molecule has 6 nitrogen and oxygen atoms in total. The van der Waals surface area contributed by atoms with Gasteiger partial charge in [0.05, 0.1) is 15.8 Å². The predicted octanol–water partition coefficient (Wildman–Crippen LogP) is 7.36. The van der Waals surface area contributed by atoms with Crippen molar-refractivity contribution in [2.45, 2.75) is 13.8 Å². The first-order valence-corrected chi connectivity index (χ1v) is 13.0. The summed E-state index contributed by atoms with van der Waals surface area (Å²) in [5.41, 5.74) is 2.86. The van der Waals surface area contributed by atoms with Crippen molar-refractivity contribution in [2.24, 2.45) is 0 Å². The van der Waals surface area contributed by atoms with Gasteiger partial charge in [-0.15, -0.1) is 11.3 Å². The third-order valence-corrected chi connectivity index (χ3v) is 7.26. The van der Waals surface area contributed by atoms with Crippen LogP contribution in [0.1, 0.15) is 13.8 Å². The number of halogens is 1. The van der Waals surface area contributed by atoms with Gasteiger partial charge in [-0.2, -0.15) is 0 Å². The molecule has 0 atom stereocenters. The van der Waals surface area contributed by atoms with Gasteiger partial charge in [-0.3, -0.25) is 0 Å². The Morgan fingerprint density at radius 1 is 0.838 bits per heavy atom. The van der Waals surface area contributed by atoms with Crippen molar-refractivity contribution in [1.82, 2.24) is 4.98 Å². The van der Waals surface area contributed by atoms with Crippen molar-refractivity contribution in [3.05, 3.63) is 105 Å². The number of hydrogen-bond acceptors (Lipinski definition) is 7. The molecular weight excluding hydrogens is 508 g/mol.